The van der Waals surface area contributed by atoms with Crippen molar-refractivity contribution in [2.75, 3.05) is 5.32 Å². The third kappa shape index (κ3) is 4.31. The van der Waals surface area contributed by atoms with Gasteiger partial charge in [0.1, 0.15) is 0 Å². The van der Waals surface area contributed by atoms with E-state index in [-0.39, 0.29) is 11.6 Å². The molecule has 7 heteroatoms. The van der Waals surface area contributed by atoms with Crippen molar-refractivity contribution in [1.82, 2.24) is 15.1 Å². The van der Waals surface area contributed by atoms with Gasteiger partial charge in [-0.3, -0.25) is 4.68 Å². The number of urea groups is 1. The Balaban J connectivity index is 1.95. The lowest BCUT2D eigenvalue weighted by Crippen LogP contribution is -2.37. The molecule has 0 saturated carbocycles. The van der Waals surface area contributed by atoms with E-state index in [4.69, 9.17) is 0 Å². The minimum absolute atomic E-state index is 0.120. The molecule has 0 spiro atoms. The van der Waals surface area contributed by atoms with E-state index >= 15 is 0 Å². The number of amides is 2. The van der Waals surface area contributed by atoms with Gasteiger partial charge in [0.25, 0.3) is 6.43 Å². The second kappa shape index (κ2) is 7.42. The van der Waals surface area contributed by atoms with E-state index in [2.05, 4.69) is 15.7 Å². The number of nitrogens with zero attached hydrogens (tertiary/aromatic N) is 2. The van der Waals surface area contributed by atoms with E-state index in [1.54, 1.807) is 6.07 Å². The van der Waals surface area contributed by atoms with Gasteiger partial charge >= 0.3 is 6.03 Å². The summed E-state index contributed by atoms with van der Waals surface area (Å²) in [6.45, 7) is 5.81. The highest BCUT2D eigenvalue weighted by atomic mass is 19.3. The van der Waals surface area contributed by atoms with Gasteiger partial charge in [-0.25, -0.2) is 13.6 Å². The summed E-state index contributed by atoms with van der Waals surface area (Å²) in [6, 6.07) is 5.11. The lowest BCUT2D eigenvalue weighted by atomic mass is 10.1. The number of anilines is 1. The van der Waals surface area contributed by atoms with Crippen molar-refractivity contribution in [3.8, 4) is 0 Å². The van der Waals surface area contributed by atoms with Crippen LogP contribution in [-0.4, -0.2) is 21.9 Å². The topological polar surface area (TPSA) is 59.0 Å². The molecule has 0 saturated heterocycles. The highest BCUT2D eigenvalue weighted by molar-refractivity contribution is 5.89. The van der Waals surface area contributed by atoms with E-state index < -0.39 is 12.5 Å². The maximum atomic E-state index is 12.7. The number of alkyl halides is 2. The van der Waals surface area contributed by atoms with E-state index in [0.29, 0.717) is 12.1 Å². The first-order chi connectivity index (χ1) is 11.3. The fourth-order valence-corrected chi connectivity index (χ4v) is 2.61. The quantitative estimate of drug-likeness (QED) is 0.874. The lowest BCUT2D eigenvalue weighted by Gasteiger charge is -2.15. The van der Waals surface area contributed by atoms with Gasteiger partial charge in [-0.05, 0) is 44.9 Å². The maximum Gasteiger partial charge on any atom is 0.319 e. The van der Waals surface area contributed by atoms with Crippen LogP contribution in [0.3, 0.4) is 0 Å². The molecule has 5 nitrogen and oxygen atoms in total. The number of halogens is 2. The molecule has 0 radical (unpaired) electrons. The highest BCUT2D eigenvalue weighted by Crippen LogP contribution is 2.21. The Bertz CT molecular complexity index is 727. The first-order valence-electron chi connectivity index (χ1n) is 7.72. The number of benzene rings is 1. The lowest BCUT2D eigenvalue weighted by molar-refractivity contribution is 0.151. The summed E-state index contributed by atoms with van der Waals surface area (Å²) in [5, 5.41) is 9.75. The zero-order chi connectivity index (χ0) is 17.9. The van der Waals surface area contributed by atoms with Crippen LogP contribution in [0.2, 0.25) is 0 Å². The standard InChI is InChI=1S/C17H22F2N4O/c1-10(8-15-11(2)22-23(4)12(15)3)20-17(24)21-14-7-5-6-13(9-14)16(18)19/h5-7,9-10,16H,8H2,1-4H3,(H2,20,21,24)/t10-/m1/s1. The second-order valence-electron chi connectivity index (χ2n) is 5.90. The van der Waals surface area contributed by atoms with Crippen LogP contribution in [0.5, 0.6) is 0 Å². The SMILES string of the molecule is Cc1nn(C)c(C)c1C[C@@H](C)NC(=O)Nc1cccc(C(F)F)c1. The van der Waals surface area contributed by atoms with Crippen LogP contribution in [0.25, 0.3) is 0 Å². The number of aromatic nitrogens is 2. The first-order valence-corrected chi connectivity index (χ1v) is 7.72. The third-order valence-corrected chi connectivity index (χ3v) is 3.94. The second-order valence-corrected chi connectivity index (χ2v) is 5.90. The zero-order valence-electron chi connectivity index (χ0n) is 14.2. The predicted molar refractivity (Wildman–Crippen MR) is 89.4 cm³/mol. The van der Waals surface area contributed by atoms with Crippen LogP contribution in [-0.2, 0) is 13.5 Å². The van der Waals surface area contributed by atoms with Crippen LogP contribution in [0.15, 0.2) is 24.3 Å². The smallest absolute Gasteiger partial charge is 0.319 e. The Labute approximate surface area is 140 Å². The number of hydrogen-bond donors (Lipinski definition) is 2. The van der Waals surface area contributed by atoms with Crippen molar-refractivity contribution < 1.29 is 13.6 Å². The van der Waals surface area contributed by atoms with E-state index in [1.807, 2.05) is 32.5 Å². The van der Waals surface area contributed by atoms with Gasteiger partial charge in [-0.15, -0.1) is 0 Å². The minimum Gasteiger partial charge on any atom is -0.335 e. The van der Waals surface area contributed by atoms with Gasteiger partial charge in [0, 0.05) is 30.0 Å². The molecule has 0 aliphatic rings. The summed E-state index contributed by atoms with van der Waals surface area (Å²) in [6.07, 6.45) is -1.92. The Kier molecular flexibility index (Phi) is 5.54. The molecule has 2 aromatic rings. The molecule has 130 valence electrons. The van der Waals surface area contributed by atoms with E-state index in [9.17, 15) is 13.6 Å². The van der Waals surface area contributed by atoms with Gasteiger partial charge in [0.15, 0.2) is 0 Å². The van der Waals surface area contributed by atoms with Crippen LogP contribution >= 0.6 is 0 Å². The maximum absolute atomic E-state index is 12.7. The predicted octanol–water partition coefficient (Wildman–Crippen LogP) is 3.73. The molecule has 0 unspecified atom stereocenters. The molecule has 2 N–H and O–H groups in total. The summed E-state index contributed by atoms with van der Waals surface area (Å²) in [5.74, 6) is 0. The molecule has 1 heterocycles. The third-order valence-electron chi connectivity index (χ3n) is 3.94. The summed E-state index contributed by atoms with van der Waals surface area (Å²) in [5.41, 5.74) is 3.32. The van der Waals surface area contributed by atoms with Crippen molar-refractivity contribution in [1.29, 1.82) is 0 Å². The largest absolute Gasteiger partial charge is 0.335 e. The molecule has 2 amide bonds. The minimum atomic E-state index is -2.56. The van der Waals surface area contributed by atoms with Gasteiger partial charge in [0.2, 0.25) is 0 Å². The zero-order valence-corrected chi connectivity index (χ0v) is 14.2. The van der Waals surface area contributed by atoms with Gasteiger partial charge < -0.3 is 10.6 Å². The van der Waals surface area contributed by atoms with E-state index in [0.717, 1.165) is 17.0 Å². The van der Waals surface area contributed by atoms with Crippen molar-refractivity contribution in [2.24, 2.45) is 7.05 Å². The Morgan fingerprint density at radius 2 is 2.04 bits per heavy atom. The molecule has 2 rings (SSSR count). The number of aryl methyl sites for hydroxylation is 2. The number of carbonyl (C=O) groups excluding carboxylic acids is 1. The summed E-state index contributed by atoms with van der Waals surface area (Å²) in [4.78, 5) is 12.0. The molecule has 0 fully saturated rings. The van der Waals surface area contributed by atoms with Crippen LogP contribution in [0.4, 0.5) is 19.3 Å². The molecule has 24 heavy (non-hydrogen) atoms. The summed E-state index contributed by atoms with van der Waals surface area (Å²) >= 11 is 0. The number of rotatable bonds is 5. The highest BCUT2D eigenvalue weighted by Gasteiger charge is 2.15. The monoisotopic (exact) mass is 336 g/mol. The fraction of sp³-hybridized carbons (Fsp3) is 0.412. The average Bonchev–Trinajstić information content (AvgIpc) is 2.73. The fourth-order valence-electron chi connectivity index (χ4n) is 2.61. The van der Waals surface area contributed by atoms with Crippen molar-refractivity contribution in [3.05, 3.63) is 46.8 Å². The molecule has 1 atom stereocenters. The Morgan fingerprint density at radius 1 is 1.33 bits per heavy atom. The van der Waals surface area contributed by atoms with Gasteiger partial charge in [-0.2, -0.15) is 5.10 Å². The van der Waals surface area contributed by atoms with Crippen LogP contribution in [0.1, 0.15) is 35.9 Å². The molecule has 1 aromatic carbocycles. The molecular weight excluding hydrogens is 314 g/mol. The van der Waals surface area contributed by atoms with Gasteiger partial charge in [0.05, 0.1) is 5.69 Å². The van der Waals surface area contributed by atoms with Crippen LogP contribution in [0, 0.1) is 13.8 Å². The average molecular weight is 336 g/mol. The van der Waals surface area contributed by atoms with Gasteiger partial charge in [-0.1, -0.05) is 12.1 Å². The van der Waals surface area contributed by atoms with Crippen molar-refractivity contribution in [3.63, 3.8) is 0 Å². The molecule has 1 aromatic heterocycles. The normalized spacial score (nSPS) is 12.3. The summed E-state index contributed by atoms with van der Waals surface area (Å²) in [7, 11) is 1.88. The first kappa shape index (κ1) is 17.9. The van der Waals surface area contributed by atoms with Crippen LogP contribution < -0.4 is 10.6 Å². The summed E-state index contributed by atoms with van der Waals surface area (Å²) < 4.78 is 27.2. The molecular formula is C17H22F2N4O. The Morgan fingerprint density at radius 3 is 2.62 bits per heavy atom. The number of carbonyl (C=O) groups is 1. The van der Waals surface area contributed by atoms with E-state index in [1.165, 1.54) is 18.2 Å². The molecule has 0 aliphatic heterocycles. The van der Waals surface area contributed by atoms with Crippen molar-refractivity contribution in [2.45, 2.75) is 39.7 Å². The number of nitrogens with one attached hydrogen (secondary N) is 2. The Hall–Kier alpha value is -2.44. The molecule has 0 bridgehead atoms. The number of hydrogen-bond acceptors (Lipinski definition) is 2. The van der Waals surface area contributed by atoms with Crippen molar-refractivity contribution >= 4 is 11.7 Å². The molecule has 0 aliphatic carbocycles.